The van der Waals surface area contributed by atoms with E-state index in [1.165, 1.54) is 6.08 Å². The van der Waals surface area contributed by atoms with E-state index in [9.17, 15) is 21.6 Å². The SMILES string of the molecule is CC1NCC=C(OS(=O)(=O)C(F)(F)F)C1OC(C)(C)C. The topological polar surface area (TPSA) is 64.6 Å². The van der Waals surface area contributed by atoms with Crippen LogP contribution in [-0.4, -0.2) is 38.2 Å². The molecule has 0 aromatic heterocycles. The quantitative estimate of drug-likeness (QED) is 0.636. The van der Waals surface area contributed by atoms with Crippen molar-refractivity contribution in [3.63, 3.8) is 0 Å². The molecule has 0 aliphatic carbocycles. The van der Waals surface area contributed by atoms with Gasteiger partial charge >= 0.3 is 15.6 Å². The number of rotatable bonds is 3. The van der Waals surface area contributed by atoms with E-state index >= 15 is 0 Å². The van der Waals surface area contributed by atoms with E-state index in [2.05, 4.69) is 9.50 Å². The first kappa shape index (κ1) is 17.3. The highest BCUT2D eigenvalue weighted by molar-refractivity contribution is 7.87. The number of hydrogen-bond acceptors (Lipinski definition) is 5. The molecule has 9 heteroatoms. The average Bonchev–Trinajstić information content (AvgIpc) is 2.19. The molecule has 0 amide bonds. The van der Waals surface area contributed by atoms with Crippen LogP contribution in [0.1, 0.15) is 27.7 Å². The van der Waals surface area contributed by atoms with Crippen LogP contribution in [0.3, 0.4) is 0 Å². The molecule has 1 N–H and O–H groups in total. The molecule has 2 unspecified atom stereocenters. The van der Waals surface area contributed by atoms with Gasteiger partial charge in [0.05, 0.1) is 5.60 Å². The van der Waals surface area contributed by atoms with Gasteiger partial charge in [-0.2, -0.15) is 21.6 Å². The Kier molecular flexibility index (Phi) is 4.77. The number of hydrogen-bond donors (Lipinski definition) is 1. The Morgan fingerprint density at radius 1 is 1.30 bits per heavy atom. The van der Waals surface area contributed by atoms with Crippen LogP contribution in [0.15, 0.2) is 11.8 Å². The van der Waals surface area contributed by atoms with Crippen LogP contribution in [-0.2, 0) is 19.0 Å². The molecule has 20 heavy (non-hydrogen) atoms. The molecule has 0 saturated carbocycles. The molecular weight excluding hydrogens is 299 g/mol. The Labute approximate surface area is 116 Å². The van der Waals surface area contributed by atoms with Gasteiger partial charge in [-0.05, 0) is 33.8 Å². The molecular formula is C11H18F3NO4S. The molecule has 2 atom stereocenters. The van der Waals surface area contributed by atoms with Crippen molar-refractivity contribution < 1.29 is 30.5 Å². The van der Waals surface area contributed by atoms with Gasteiger partial charge in [-0.15, -0.1) is 0 Å². The third-order valence-corrected chi connectivity index (χ3v) is 3.43. The van der Waals surface area contributed by atoms with E-state index in [1.54, 1.807) is 27.7 Å². The molecule has 1 rings (SSSR count). The molecule has 0 aromatic rings. The van der Waals surface area contributed by atoms with Crippen LogP contribution < -0.4 is 5.32 Å². The van der Waals surface area contributed by atoms with Crippen LogP contribution in [0, 0.1) is 0 Å². The molecule has 0 saturated heterocycles. The van der Waals surface area contributed by atoms with Crippen LogP contribution in [0.4, 0.5) is 13.2 Å². The largest absolute Gasteiger partial charge is 0.534 e. The Bertz CT molecular complexity index is 479. The van der Waals surface area contributed by atoms with E-state index in [0.717, 1.165) is 0 Å². The van der Waals surface area contributed by atoms with Gasteiger partial charge in [0.2, 0.25) is 0 Å². The predicted octanol–water partition coefficient (Wildman–Crippen LogP) is 1.91. The maximum Gasteiger partial charge on any atom is 0.534 e. The van der Waals surface area contributed by atoms with E-state index in [-0.39, 0.29) is 18.3 Å². The maximum atomic E-state index is 12.4. The Morgan fingerprint density at radius 2 is 1.85 bits per heavy atom. The lowest BCUT2D eigenvalue weighted by atomic mass is 10.1. The Morgan fingerprint density at radius 3 is 2.30 bits per heavy atom. The maximum absolute atomic E-state index is 12.4. The average molecular weight is 317 g/mol. The first-order chi connectivity index (χ1) is 8.83. The van der Waals surface area contributed by atoms with Crippen molar-refractivity contribution in [3.8, 4) is 0 Å². The van der Waals surface area contributed by atoms with Crippen molar-refractivity contribution in [1.29, 1.82) is 0 Å². The second kappa shape index (κ2) is 5.53. The predicted molar refractivity (Wildman–Crippen MR) is 66.2 cm³/mol. The monoisotopic (exact) mass is 317 g/mol. The summed E-state index contributed by atoms with van der Waals surface area (Å²) in [7, 11) is -5.69. The summed E-state index contributed by atoms with van der Waals surface area (Å²) in [6.07, 6.45) is 0.320. The summed E-state index contributed by atoms with van der Waals surface area (Å²) in [6.45, 7) is 7.01. The minimum Gasteiger partial charge on any atom is -0.378 e. The summed E-state index contributed by atoms with van der Waals surface area (Å²) in [4.78, 5) is 0. The second-order valence-corrected chi connectivity index (χ2v) is 6.98. The summed E-state index contributed by atoms with van der Waals surface area (Å²) in [5.74, 6) is -0.344. The summed E-state index contributed by atoms with van der Waals surface area (Å²) >= 11 is 0. The standard InChI is InChI=1S/C11H18F3NO4S/c1-7-9(18-10(2,3)4)8(5-6-15-7)19-20(16,17)11(12,13)14/h5,7,9,15H,6H2,1-4H3. The smallest absolute Gasteiger partial charge is 0.378 e. The van der Waals surface area contributed by atoms with Crippen molar-refractivity contribution in [2.24, 2.45) is 0 Å². The summed E-state index contributed by atoms with van der Waals surface area (Å²) in [5.41, 5.74) is -6.13. The van der Waals surface area contributed by atoms with Crippen LogP contribution >= 0.6 is 0 Å². The van der Waals surface area contributed by atoms with Crippen molar-refractivity contribution in [1.82, 2.24) is 5.32 Å². The third-order valence-electron chi connectivity index (χ3n) is 2.45. The fraction of sp³-hybridized carbons (Fsp3) is 0.818. The molecule has 0 radical (unpaired) electrons. The molecule has 0 spiro atoms. The van der Waals surface area contributed by atoms with Crippen molar-refractivity contribution in [2.45, 2.75) is 51.0 Å². The highest BCUT2D eigenvalue weighted by Gasteiger charge is 2.50. The van der Waals surface area contributed by atoms with Gasteiger partial charge in [-0.25, -0.2) is 0 Å². The molecule has 0 fully saturated rings. The first-order valence-electron chi connectivity index (χ1n) is 5.95. The van der Waals surface area contributed by atoms with Crippen molar-refractivity contribution >= 4 is 10.1 Å². The summed E-state index contributed by atoms with van der Waals surface area (Å²) < 4.78 is 69.0. The number of ether oxygens (including phenoxy) is 1. The normalized spacial score (nSPS) is 25.2. The number of halogens is 3. The lowest BCUT2D eigenvalue weighted by Gasteiger charge is -2.35. The highest BCUT2D eigenvalue weighted by atomic mass is 32.2. The molecule has 0 bridgehead atoms. The zero-order valence-electron chi connectivity index (χ0n) is 11.6. The summed E-state index contributed by atoms with van der Waals surface area (Å²) in [5, 5.41) is 2.95. The van der Waals surface area contributed by atoms with Crippen LogP contribution in [0.2, 0.25) is 0 Å². The molecule has 1 aliphatic rings. The minimum absolute atomic E-state index is 0.202. The van der Waals surface area contributed by atoms with Crippen LogP contribution in [0.5, 0.6) is 0 Å². The summed E-state index contributed by atoms with van der Waals surface area (Å²) in [6, 6.07) is -0.377. The van der Waals surface area contributed by atoms with Crippen LogP contribution in [0.25, 0.3) is 0 Å². The van der Waals surface area contributed by atoms with Gasteiger partial charge in [0, 0.05) is 12.6 Å². The molecule has 0 aromatic carbocycles. The molecule has 118 valence electrons. The van der Waals surface area contributed by atoms with E-state index in [1.807, 2.05) is 0 Å². The number of nitrogens with one attached hydrogen (secondary N) is 1. The van der Waals surface area contributed by atoms with Gasteiger partial charge in [-0.1, -0.05) is 0 Å². The Hall–Kier alpha value is -0.800. The fourth-order valence-electron chi connectivity index (χ4n) is 1.61. The zero-order valence-corrected chi connectivity index (χ0v) is 12.4. The van der Waals surface area contributed by atoms with E-state index in [0.29, 0.717) is 0 Å². The van der Waals surface area contributed by atoms with Crippen molar-refractivity contribution in [3.05, 3.63) is 11.8 Å². The van der Waals surface area contributed by atoms with Gasteiger partial charge in [0.15, 0.2) is 0 Å². The highest BCUT2D eigenvalue weighted by Crippen LogP contribution is 2.30. The minimum atomic E-state index is -5.69. The van der Waals surface area contributed by atoms with Gasteiger partial charge < -0.3 is 14.2 Å². The Balaban J connectivity index is 2.99. The second-order valence-electron chi connectivity index (χ2n) is 5.44. The van der Waals surface area contributed by atoms with Gasteiger partial charge in [0.25, 0.3) is 0 Å². The molecule has 1 heterocycles. The van der Waals surface area contributed by atoms with Gasteiger partial charge in [0.1, 0.15) is 11.9 Å². The zero-order chi connectivity index (χ0) is 15.8. The lowest BCUT2D eigenvalue weighted by molar-refractivity contribution is -0.0769. The van der Waals surface area contributed by atoms with E-state index < -0.39 is 27.3 Å². The number of alkyl halides is 3. The molecule has 1 aliphatic heterocycles. The van der Waals surface area contributed by atoms with Gasteiger partial charge in [-0.3, -0.25) is 0 Å². The lowest BCUT2D eigenvalue weighted by Crippen LogP contribution is -2.48. The first-order valence-corrected chi connectivity index (χ1v) is 7.36. The fourth-order valence-corrected chi connectivity index (χ4v) is 2.12. The third kappa shape index (κ3) is 4.35. The van der Waals surface area contributed by atoms with Crippen molar-refractivity contribution in [2.75, 3.05) is 6.54 Å². The molecule has 5 nitrogen and oxygen atoms in total. The van der Waals surface area contributed by atoms with E-state index in [4.69, 9.17) is 4.74 Å².